The number of aliphatic hydroxyl groups excluding tert-OH is 1. The molecule has 65 heavy (non-hydrogen) atoms. The lowest BCUT2D eigenvalue weighted by atomic mass is 9.85. The van der Waals surface area contributed by atoms with Crippen LogP contribution in [0.3, 0.4) is 0 Å². The van der Waals surface area contributed by atoms with Gasteiger partial charge in [0.05, 0.1) is 40.4 Å². The second kappa shape index (κ2) is 17.9. The summed E-state index contributed by atoms with van der Waals surface area (Å²) < 4.78 is 1.91. The normalized spacial score (nSPS) is 18.0. The molecule has 2 aliphatic heterocycles. The van der Waals surface area contributed by atoms with Gasteiger partial charge in [-0.3, -0.25) is 33.7 Å². The lowest BCUT2D eigenvalue weighted by Crippen LogP contribution is -2.58. The van der Waals surface area contributed by atoms with Crippen molar-refractivity contribution in [3.8, 4) is 26.6 Å². The molecule has 2 aliphatic rings. The fraction of sp³-hybridized carbons (Fsp3) is 0.354. The fourth-order valence-corrected chi connectivity index (χ4v) is 10.5. The molecular weight excluding hydrogens is 863 g/mol. The highest BCUT2D eigenvalue weighted by atomic mass is 32.1. The van der Waals surface area contributed by atoms with Crippen LogP contribution in [-0.4, -0.2) is 94.0 Å². The van der Waals surface area contributed by atoms with Crippen LogP contribution >= 0.6 is 22.7 Å². The molecule has 2 aromatic carbocycles. The van der Waals surface area contributed by atoms with Crippen LogP contribution in [0.2, 0.25) is 0 Å². The zero-order valence-corrected chi connectivity index (χ0v) is 39.0. The summed E-state index contributed by atoms with van der Waals surface area (Å²) in [5, 5.41) is 36.1. The van der Waals surface area contributed by atoms with E-state index in [1.165, 1.54) is 11.1 Å². The smallest absolute Gasteiger partial charge is 0.306 e. The molecule has 3 amide bonds. The van der Waals surface area contributed by atoms with Crippen molar-refractivity contribution in [2.45, 2.75) is 98.5 Å². The fourth-order valence-electron chi connectivity index (χ4n) is 8.47. The zero-order chi connectivity index (χ0) is 46.5. The van der Waals surface area contributed by atoms with E-state index in [2.05, 4.69) is 30.8 Å². The number of hydrogen-bond acceptors (Lipinski definition) is 12. The number of pyridine rings is 1. The minimum atomic E-state index is -1.06. The second-order valence-corrected chi connectivity index (χ2v) is 19.8. The Kier molecular flexibility index (Phi) is 12.4. The molecule has 6 heterocycles. The molecule has 5 atom stereocenters. The highest BCUT2D eigenvalue weighted by molar-refractivity contribution is 7.15. The number of likely N-dealkylation sites (tertiary alicyclic amines) is 1. The van der Waals surface area contributed by atoms with E-state index in [4.69, 9.17) is 4.99 Å². The maximum absolute atomic E-state index is 14.4. The van der Waals surface area contributed by atoms with Crippen LogP contribution in [0.5, 0.6) is 0 Å². The second-order valence-electron chi connectivity index (χ2n) is 17.8. The average molecular weight is 914 g/mol. The highest BCUT2D eigenvalue weighted by Crippen LogP contribution is 2.40. The number of aliphatic imine (C=N–C) groups is 1. The van der Waals surface area contributed by atoms with E-state index >= 15 is 0 Å². The number of carbonyl (C=O) groups excluding carboxylic acids is 3. The topological polar surface area (TPSA) is 205 Å². The third-order valence-electron chi connectivity index (χ3n) is 12.1. The zero-order valence-electron chi connectivity index (χ0n) is 37.4. The Labute approximate surface area is 384 Å². The third-order valence-corrected chi connectivity index (χ3v) is 14.3. The molecule has 17 heteroatoms. The number of carboxylic acids is 1. The number of aryl methyl sites for hydroxylation is 3. The number of nitrogens with zero attached hydrogens (tertiary/aromatic N) is 7. The summed E-state index contributed by atoms with van der Waals surface area (Å²) in [6.45, 7) is 15.2. The van der Waals surface area contributed by atoms with Crippen molar-refractivity contribution in [2.75, 3.05) is 6.54 Å². The number of amides is 3. The van der Waals surface area contributed by atoms with E-state index in [9.17, 15) is 29.4 Å². The monoisotopic (exact) mass is 913 g/mol. The largest absolute Gasteiger partial charge is 0.481 e. The van der Waals surface area contributed by atoms with Crippen LogP contribution < -0.4 is 10.6 Å². The summed E-state index contributed by atoms with van der Waals surface area (Å²) in [5.41, 5.74) is 8.87. The molecule has 4 aromatic heterocycles. The number of benzene rings is 2. The summed E-state index contributed by atoms with van der Waals surface area (Å²) in [4.78, 5) is 71.5. The molecule has 8 rings (SSSR count). The van der Waals surface area contributed by atoms with E-state index in [-0.39, 0.29) is 31.1 Å². The van der Waals surface area contributed by atoms with Crippen molar-refractivity contribution in [2.24, 2.45) is 10.4 Å². The van der Waals surface area contributed by atoms with Crippen LogP contribution in [0.15, 0.2) is 77.4 Å². The number of nitrogens with one attached hydrogen (secondary N) is 2. The number of aliphatic carboxylic acids is 1. The quantitative estimate of drug-likeness (QED) is 0.104. The van der Waals surface area contributed by atoms with Gasteiger partial charge in [-0.25, -0.2) is 4.98 Å². The molecular formula is C48H51N9O6S2. The molecule has 0 bridgehead atoms. The highest BCUT2D eigenvalue weighted by Gasteiger charge is 2.45. The molecule has 0 spiro atoms. The average Bonchev–Trinajstić information content (AvgIpc) is 4.04. The molecule has 0 unspecified atom stereocenters. The molecule has 6 aromatic rings. The maximum atomic E-state index is 14.4. The van der Waals surface area contributed by atoms with Crippen LogP contribution in [0.4, 0.5) is 0 Å². The predicted molar refractivity (Wildman–Crippen MR) is 249 cm³/mol. The number of rotatable bonds is 11. The van der Waals surface area contributed by atoms with E-state index in [0.717, 1.165) is 53.8 Å². The van der Waals surface area contributed by atoms with Crippen LogP contribution in [-0.2, 0) is 14.4 Å². The number of β-amino-alcohol motifs (C(OH)–C–C–N with tert-alkyl or cyclic N) is 1. The SMILES string of the molecule is Cc1ncsc1-c1ccc([C@H](C)NC(=O)[C@@H]2C[C@@H](O)CN2C(=O)[C@@H](NC(=O)c2cc(-c3ccc(C4=N[C@@H](CC(=O)O)c5nnc(C)n5-c5sc(C)c(C)c54)cc3)ccn2)C(C)(C)C)cc1. The molecule has 0 saturated carbocycles. The van der Waals surface area contributed by atoms with Gasteiger partial charge in [0.2, 0.25) is 11.8 Å². The van der Waals surface area contributed by atoms with Crippen LogP contribution in [0, 0.1) is 33.1 Å². The van der Waals surface area contributed by atoms with Gasteiger partial charge < -0.3 is 25.7 Å². The number of aliphatic hydroxyl groups is 1. The Morgan fingerprint density at radius 2 is 1.58 bits per heavy atom. The summed E-state index contributed by atoms with van der Waals surface area (Å²) in [7, 11) is 0. The predicted octanol–water partition coefficient (Wildman–Crippen LogP) is 7.10. The maximum Gasteiger partial charge on any atom is 0.306 e. The first-order valence-electron chi connectivity index (χ1n) is 21.4. The number of thiophene rings is 1. The van der Waals surface area contributed by atoms with Gasteiger partial charge in [-0.05, 0) is 80.0 Å². The standard InChI is InChI=1S/C48H51N9O6S2/c1-24-27(4)65-47-39(24)40(52-35(21-38(59)60)43-55-54-28(5)57(43)47)31-13-11-30(12-14-31)33-17-18-49-36(19-33)44(61)53-42(48(6,7)8)46(63)56-22-34(58)20-37(56)45(62)51-25(2)29-9-15-32(16-10-29)41-26(3)50-23-64-41/h9-19,23,25,34-35,37,42,58H,20-22H2,1-8H3,(H,51,62)(H,53,61)(H,59,60)/t25-,34+,35-,37-,42+/m0/s1. The Hall–Kier alpha value is -6.43. The van der Waals surface area contributed by atoms with Gasteiger partial charge in [0.15, 0.2) is 5.82 Å². The summed E-state index contributed by atoms with van der Waals surface area (Å²) in [5.74, 6) is -1.32. The molecule has 4 N–H and O–H groups in total. The molecule has 0 radical (unpaired) electrons. The van der Waals surface area contributed by atoms with Gasteiger partial charge in [0.1, 0.15) is 34.6 Å². The van der Waals surface area contributed by atoms with Gasteiger partial charge in [-0.2, -0.15) is 0 Å². The van der Waals surface area contributed by atoms with Gasteiger partial charge in [-0.1, -0.05) is 69.3 Å². The number of aromatic nitrogens is 5. The number of thiazole rings is 1. The summed E-state index contributed by atoms with van der Waals surface area (Å²) in [6, 6.07) is 15.9. The van der Waals surface area contributed by atoms with Crippen molar-refractivity contribution in [1.29, 1.82) is 0 Å². The molecule has 0 aliphatic carbocycles. The Balaban J connectivity index is 0.991. The van der Waals surface area contributed by atoms with Crippen molar-refractivity contribution in [3.63, 3.8) is 0 Å². The van der Waals surface area contributed by atoms with Gasteiger partial charge in [0, 0.05) is 35.2 Å². The van der Waals surface area contributed by atoms with Crippen molar-refractivity contribution < 1.29 is 29.4 Å². The Morgan fingerprint density at radius 1 is 0.892 bits per heavy atom. The van der Waals surface area contributed by atoms with E-state index < -0.39 is 53.3 Å². The lowest BCUT2D eigenvalue weighted by molar-refractivity contribution is -0.142. The van der Waals surface area contributed by atoms with Crippen molar-refractivity contribution in [1.82, 2.24) is 40.3 Å². The van der Waals surface area contributed by atoms with Crippen molar-refractivity contribution >= 4 is 52.1 Å². The lowest BCUT2D eigenvalue weighted by Gasteiger charge is -2.35. The number of carbonyl (C=O) groups is 4. The molecule has 336 valence electrons. The Bertz CT molecular complexity index is 2840. The van der Waals surface area contributed by atoms with E-state index in [1.54, 1.807) is 34.8 Å². The first-order valence-corrected chi connectivity index (χ1v) is 23.1. The van der Waals surface area contributed by atoms with Gasteiger partial charge in [0.25, 0.3) is 5.91 Å². The van der Waals surface area contributed by atoms with Crippen LogP contribution in [0.1, 0.15) is 108 Å². The number of carboxylic acid groups (broad SMARTS) is 1. The first kappa shape index (κ1) is 45.1. The van der Waals surface area contributed by atoms with Gasteiger partial charge in [-0.15, -0.1) is 32.9 Å². The molecule has 1 fully saturated rings. The molecule has 1 saturated heterocycles. The van der Waals surface area contributed by atoms with Gasteiger partial charge >= 0.3 is 5.97 Å². The molecule has 15 nitrogen and oxygen atoms in total. The number of hydrogen-bond donors (Lipinski definition) is 4. The summed E-state index contributed by atoms with van der Waals surface area (Å²) in [6.07, 6.45) is 0.426. The number of fused-ring (bicyclic) bond motifs is 3. The van der Waals surface area contributed by atoms with Crippen LogP contribution in [0.25, 0.3) is 26.6 Å². The third kappa shape index (κ3) is 9.00. The Morgan fingerprint density at radius 3 is 2.25 bits per heavy atom. The van der Waals surface area contributed by atoms with E-state index in [1.807, 2.05) is 114 Å². The summed E-state index contributed by atoms with van der Waals surface area (Å²) >= 11 is 3.16. The van der Waals surface area contributed by atoms with Crippen molar-refractivity contribution in [3.05, 3.63) is 123 Å². The first-order chi connectivity index (χ1) is 30.9. The van der Waals surface area contributed by atoms with E-state index in [0.29, 0.717) is 22.9 Å². The minimum Gasteiger partial charge on any atom is -0.481 e. The minimum absolute atomic E-state index is 0.0547.